The lowest BCUT2D eigenvalue weighted by atomic mass is 9.71. The van der Waals surface area contributed by atoms with Crippen molar-refractivity contribution in [2.24, 2.45) is 5.41 Å². The van der Waals surface area contributed by atoms with Gasteiger partial charge >= 0.3 is 12.0 Å². The third-order valence-corrected chi connectivity index (χ3v) is 5.83. The van der Waals surface area contributed by atoms with Gasteiger partial charge in [0.25, 0.3) is 0 Å². The molecule has 1 unspecified atom stereocenters. The third kappa shape index (κ3) is 5.99. The number of β-amino-alcohol motifs (C(OH)–C–C–N with tert-alkyl or cyclic N) is 1. The Morgan fingerprint density at radius 1 is 1.13 bits per heavy atom. The Kier molecular flexibility index (Phi) is 9.67. The van der Waals surface area contributed by atoms with Crippen LogP contribution in [0.3, 0.4) is 0 Å². The van der Waals surface area contributed by atoms with Gasteiger partial charge in [-0.15, -0.1) is 0 Å². The molecule has 4 N–H and O–H groups in total. The molecule has 2 heterocycles. The number of amides is 4. The molecule has 2 fully saturated rings. The van der Waals surface area contributed by atoms with E-state index in [1.54, 1.807) is 6.92 Å². The van der Waals surface area contributed by atoms with Crippen LogP contribution in [0.1, 0.15) is 51.9 Å². The lowest BCUT2D eigenvalue weighted by Gasteiger charge is -2.47. The molecule has 170 valence electrons. The van der Waals surface area contributed by atoms with Crippen molar-refractivity contribution in [2.45, 2.75) is 57.9 Å². The molecule has 0 bridgehead atoms. The van der Waals surface area contributed by atoms with Crippen molar-refractivity contribution in [2.75, 3.05) is 39.4 Å². The molecule has 30 heavy (non-hydrogen) atoms. The molecule has 0 aromatic rings. The van der Waals surface area contributed by atoms with Crippen LogP contribution in [-0.4, -0.2) is 79.3 Å². The zero-order valence-corrected chi connectivity index (χ0v) is 17.7. The minimum absolute atomic E-state index is 0.0742. The summed E-state index contributed by atoms with van der Waals surface area (Å²) in [4.78, 5) is 50.8. The quantitative estimate of drug-likeness (QED) is 0.193. The number of nitrogens with one attached hydrogen (secondary N) is 3. The number of hydrogen-bond acceptors (Lipinski definition) is 8. The van der Waals surface area contributed by atoms with Gasteiger partial charge < -0.3 is 15.2 Å². The van der Waals surface area contributed by atoms with E-state index in [4.69, 9.17) is 4.74 Å². The molecule has 2 rings (SSSR count). The predicted molar refractivity (Wildman–Crippen MR) is 108 cm³/mol. The normalized spacial score (nSPS) is 21.8. The highest BCUT2D eigenvalue weighted by atomic mass is 16.5. The molecule has 0 spiro atoms. The molecule has 2 aliphatic heterocycles. The number of ether oxygens (including phenoxy) is 1. The summed E-state index contributed by atoms with van der Waals surface area (Å²) in [5, 5.41) is 17.2. The van der Waals surface area contributed by atoms with Crippen LogP contribution in [0.5, 0.6) is 0 Å². The van der Waals surface area contributed by atoms with Gasteiger partial charge in [0.2, 0.25) is 11.8 Å². The fourth-order valence-electron chi connectivity index (χ4n) is 4.33. The van der Waals surface area contributed by atoms with E-state index in [1.165, 1.54) is 0 Å². The molecule has 0 aliphatic carbocycles. The van der Waals surface area contributed by atoms with E-state index >= 15 is 0 Å². The summed E-state index contributed by atoms with van der Waals surface area (Å²) in [5.74, 6) is -1.34. The van der Waals surface area contributed by atoms with Crippen LogP contribution < -0.4 is 16.0 Å². The summed E-state index contributed by atoms with van der Waals surface area (Å²) in [6.45, 7) is 4.18. The number of barbiturate groups is 1. The topological polar surface area (TPSA) is 137 Å². The SMILES string of the molecule is CCOC(=O)CCCCCCCC1(C2CNCCN2CCO)C(=O)NC(=O)NC1=O. The van der Waals surface area contributed by atoms with Crippen molar-refractivity contribution >= 4 is 23.8 Å². The second-order valence-electron chi connectivity index (χ2n) is 7.76. The number of hydrogen-bond donors (Lipinski definition) is 4. The van der Waals surface area contributed by atoms with Gasteiger partial charge in [-0.25, -0.2) is 4.79 Å². The minimum atomic E-state index is -1.39. The van der Waals surface area contributed by atoms with Gasteiger partial charge in [-0.2, -0.15) is 0 Å². The Morgan fingerprint density at radius 2 is 1.80 bits per heavy atom. The first kappa shape index (κ1) is 24.2. The van der Waals surface area contributed by atoms with Crippen molar-refractivity contribution in [1.29, 1.82) is 0 Å². The number of nitrogens with zero attached hydrogens (tertiary/aromatic N) is 1. The van der Waals surface area contributed by atoms with Crippen molar-refractivity contribution in [1.82, 2.24) is 20.9 Å². The van der Waals surface area contributed by atoms with Crippen LogP contribution in [0.25, 0.3) is 0 Å². The molecular weight excluding hydrogens is 392 g/mol. The second-order valence-corrected chi connectivity index (χ2v) is 7.76. The van der Waals surface area contributed by atoms with Crippen molar-refractivity contribution in [3.8, 4) is 0 Å². The van der Waals surface area contributed by atoms with Crippen LogP contribution in [0, 0.1) is 5.41 Å². The number of imide groups is 2. The summed E-state index contributed by atoms with van der Waals surface area (Å²) < 4.78 is 4.91. The largest absolute Gasteiger partial charge is 0.466 e. The van der Waals surface area contributed by atoms with Crippen molar-refractivity contribution < 1.29 is 29.0 Å². The molecule has 10 heteroatoms. The highest BCUT2D eigenvalue weighted by Gasteiger charge is 2.56. The highest BCUT2D eigenvalue weighted by Crippen LogP contribution is 2.36. The molecule has 2 aliphatic rings. The average molecular weight is 427 g/mol. The summed E-state index contributed by atoms with van der Waals surface area (Å²) >= 11 is 0. The second kappa shape index (κ2) is 12.0. The van der Waals surface area contributed by atoms with Gasteiger partial charge in [0.05, 0.1) is 13.2 Å². The lowest BCUT2D eigenvalue weighted by Crippen LogP contribution is -2.72. The van der Waals surface area contributed by atoms with E-state index in [1.807, 2.05) is 4.90 Å². The molecule has 0 aromatic carbocycles. The van der Waals surface area contributed by atoms with E-state index < -0.39 is 29.3 Å². The Bertz CT molecular complexity index is 604. The van der Waals surface area contributed by atoms with E-state index in [0.29, 0.717) is 52.0 Å². The number of piperazine rings is 1. The monoisotopic (exact) mass is 426 g/mol. The number of carbonyl (C=O) groups is 4. The number of esters is 1. The van der Waals surface area contributed by atoms with Gasteiger partial charge in [-0.1, -0.05) is 25.7 Å². The van der Waals surface area contributed by atoms with Gasteiger partial charge in [-0.05, 0) is 19.8 Å². The maximum absolute atomic E-state index is 12.9. The minimum Gasteiger partial charge on any atom is -0.466 e. The maximum atomic E-state index is 12.9. The van der Waals surface area contributed by atoms with E-state index in [2.05, 4.69) is 16.0 Å². The Labute approximate surface area is 177 Å². The molecule has 0 radical (unpaired) electrons. The van der Waals surface area contributed by atoms with Crippen LogP contribution in [0.2, 0.25) is 0 Å². The summed E-state index contributed by atoms with van der Waals surface area (Å²) in [6.07, 6.45) is 4.64. The van der Waals surface area contributed by atoms with E-state index in [-0.39, 0.29) is 12.6 Å². The van der Waals surface area contributed by atoms with Crippen LogP contribution in [0.4, 0.5) is 4.79 Å². The lowest BCUT2D eigenvalue weighted by molar-refractivity contribution is -0.151. The average Bonchev–Trinajstić information content (AvgIpc) is 2.70. The number of rotatable bonds is 12. The number of aliphatic hydroxyl groups excluding tert-OH is 1. The number of aliphatic hydroxyl groups is 1. The van der Waals surface area contributed by atoms with Gasteiger partial charge in [-0.3, -0.25) is 29.9 Å². The Balaban J connectivity index is 1.98. The maximum Gasteiger partial charge on any atom is 0.328 e. The molecule has 4 amide bonds. The zero-order chi connectivity index (χ0) is 22.0. The number of urea groups is 1. The van der Waals surface area contributed by atoms with Crippen LogP contribution >= 0.6 is 0 Å². The Hall–Kier alpha value is -2.04. The first-order valence-electron chi connectivity index (χ1n) is 10.8. The smallest absolute Gasteiger partial charge is 0.328 e. The fraction of sp³-hybridized carbons (Fsp3) is 0.800. The molecule has 1 atom stereocenters. The highest BCUT2D eigenvalue weighted by molar-refractivity contribution is 6.19. The first-order chi connectivity index (χ1) is 14.5. The molecule has 10 nitrogen and oxygen atoms in total. The van der Waals surface area contributed by atoms with E-state index in [0.717, 1.165) is 25.7 Å². The fourth-order valence-corrected chi connectivity index (χ4v) is 4.33. The van der Waals surface area contributed by atoms with E-state index in [9.17, 15) is 24.3 Å². The number of carbonyl (C=O) groups excluding carboxylic acids is 4. The predicted octanol–water partition coefficient (Wildman–Crippen LogP) is -0.101. The van der Waals surface area contributed by atoms with Gasteiger partial charge in [0.15, 0.2) is 0 Å². The van der Waals surface area contributed by atoms with Gasteiger partial charge in [0, 0.05) is 38.6 Å². The van der Waals surface area contributed by atoms with Crippen LogP contribution in [-0.2, 0) is 19.1 Å². The van der Waals surface area contributed by atoms with Crippen molar-refractivity contribution in [3.63, 3.8) is 0 Å². The third-order valence-electron chi connectivity index (χ3n) is 5.83. The zero-order valence-electron chi connectivity index (χ0n) is 17.7. The van der Waals surface area contributed by atoms with Crippen molar-refractivity contribution in [3.05, 3.63) is 0 Å². The summed E-state index contributed by atoms with van der Waals surface area (Å²) in [6, 6.07) is -1.24. The molecular formula is C20H34N4O6. The Morgan fingerprint density at radius 3 is 2.47 bits per heavy atom. The van der Waals surface area contributed by atoms with Gasteiger partial charge in [0.1, 0.15) is 5.41 Å². The number of unbranched alkanes of at least 4 members (excludes halogenated alkanes) is 4. The first-order valence-corrected chi connectivity index (χ1v) is 10.8. The molecule has 0 saturated carbocycles. The molecule has 2 saturated heterocycles. The van der Waals surface area contributed by atoms with Crippen LogP contribution in [0.15, 0.2) is 0 Å². The summed E-state index contributed by atoms with van der Waals surface area (Å²) in [5.41, 5.74) is -1.39. The standard InChI is InChI=1S/C20H34N4O6/c1-2-30-16(26)8-6-4-3-5-7-9-20(17(27)22-19(29)23-18(20)28)15-14-21-10-11-24(15)12-13-25/h15,21,25H,2-14H2,1H3,(H2,22,23,27,28,29). The summed E-state index contributed by atoms with van der Waals surface area (Å²) in [7, 11) is 0. The molecule has 0 aromatic heterocycles.